The normalized spacial score (nSPS) is 11.3. The van der Waals surface area contributed by atoms with Crippen molar-refractivity contribution in [1.82, 2.24) is 10.9 Å². The highest BCUT2D eigenvalue weighted by Crippen LogP contribution is 2.18. The lowest BCUT2D eigenvalue weighted by atomic mass is 10.3. The Kier molecular flexibility index (Phi) is 6.12. The summed E-state index contributed by atoms with van der Waals surface area (Å²) in [6.07, 6.45) is 0.141. The summed E-state index contributed by atoms with van der Waals surface area (Å²) >= 11 is 0. The highest BCUT2D eigenvalue weighted by molar-refractivity contribution is 5.84. The van der Waals surface area contributed by atoms with Crippen LogP contribution < -0.4 is 15.6 Å². The van der Waals surface area contributed by atoms with Gasteiger partial charge in [0.25, 0.3) is 11.6 Å². The Balaban J connectivity index is 2.48. The highest BCUT2D eigenvalue weighted by Gasteiger charge is 2.15. The number of nitrogens with one attached hydrogen (secondary N) is 2. The average Bonchev–Trinajstić information content (AvgIpc) is 2.45. The monoisotopic (exact) mass is 295 g/mol. The number of nitrogens with zero attached hydrogens (tertiary/aromatic N) is 1. The van der Waals surface area contributed by atoms with Crippen LogP contribution in [-0.4, -0.2) is 22.8 Å². The molecular weight excluding hydrogens is 278 g/mol. The van der Waals surface area contributed by atoms with E-state index in [2.05, 4.69) is 10.9 Å². The van der Waals surface area contributed by atoms with E-state index in [0.29, 0.717) is 18.6 Å². The molecule has 0 spiro atoms. The minimum Gasteiger partial charge on any atom is -0.481 e. The smallest absolute Gasteiger partial charge is 0.279 e. The SMILES string of the molecule is CCCC(=O)NNC(=O)C(C)Oc1ccc([N+](=O)[O-])cc1. The van der Waals surface area contributed by atoms with Crippen molar-refractivity contribution in [3.8, 4) is 5.75 Å². The van der Waals surface area contributed by atoms with Gasteiger partial charge in [0.1, 0.15) is 5.75 Å². The van der Waals surface area contributed by atoms with Crippen molar-refractivity contribution in [2.75, 3.05) is 0 Å². The zero-order chi connectivity index (χ0) is 15.8. The number of hydrogen-bond donors (Lipinski definition) is 2. The van der Waals surface area contributed by atoms with Gasteiger partial charge < -0.3 is 4.74 Å². The standard InChI is InChI=1S/C13H17N3O5/c1-3-4-12(17)14-15-13(18)9(2)21-11-7-5-10(6-8-11)16(19)20/h5-9H,3-4H2,1-2H3,(H,14,17)(H,15,18). The van der Waals surface area contributed by atoms with Gasteiger partial charge in [0.2, 0.25) is 5.91 Å². The number of amides is 2. The molecule has 1 atom stereocenters. The first-order valence-corrected chi connectivity index (χ1v) is 6.43. The number of nitro benzene ring substituents is 1. The summed E-state index contributed by atoms with van der Waals surface area (Å²) in [6, 6.07) is 5.36. The van der Waals surface area contributed by atoms with Gasteiger partial charge in [0.15, 0.2) is 6.10 Å². The minimum absolute atomic E-state index is 0.0636. The summed E-state index contributed by atoms with van der Waals surface area (Å²) in [4.78, 5) is 32.9. The quantitative estimate of drug-likeness (QED) is 0.607. The molecule has 0 aliphatic rings. The Bertz CT molecular complexity index is 515. The molecule has 0 fully saturated rings. The van der Waals surface area contributed by atoms with Gasteiger partial charge in [-0.05, 0) is 25.5 Å². The molecule has 0 aliphatic heterocycles. The third-order valence-corrected chi connectivity index (χ3v) is 2.53. The Morgan fingerprint density at radius 1 is 1.29 bits per heavy atom. The Labute approximate surface area is 121 Å². The molecule has 1 rings (SSSR count). The molecule has 8 heteroatoms. The lowest BCUT2D eigenvalue weighted by Gasteiger charge is -2.14. The van der Waals surface area contributed by atoms with Gasteiger partial charge in [-0.15, -0.1) is 0 Å². The predicted molar refractivity (Wildman–Crippen MR) is 74.4 cm³/mol. The maximum atomic E-state index is 11.7. The van der Waals surface area contributed by atoms with E-state index in [9.17, 15) is 19.7 Å². The number of ether oxygens (including phenoxy) is 1. The van der Waals surface area contributed by atoms with Gasteiger partial charge in [-0.2, -0.15) is 0 Å². The van der Waals surface area contributed by atoms with Gasteiger partial charge >= 0.3 is 0 Å². The minimum atomic E-state index is -0.853. The van der Waals surface area contributed by atoms with Crippen molar-refractivity contribution < 1.29 is 19.2 Å². The molecule has 0 radical (unpaired) electrons. The van der Waals surface area contributed by atoms with Crippen LogP contribution in [-0.2, 0) is 9.59 Å². The third-order valence-electron chi connectivity index (χ3n) is 2.53. The van der Waals surface area contributed by atoms with Crippen LogP contribution >= 0.6 is 0 Å². The van der Waals surface area contributed by atoms with E-state index in [0.717, 1.165) is 0 Å². The van der Waals surface area contributed by atoms with Gasteiger partial charge in [-0.25, -0.2) is 0 Å². The van der Waals surface area contributed by atoms with E-state index in [-0.39, 0.29) is 11.6 Å². The second kappa shape index (κ2) is 7.83. The van der Waals surface area contributed by atoms with Gasteiger partial charge in [-0.3, -0.25) is 30.6 Å². The number of hydrogen-bond acceptors (Lipinski definition) is 5. The number of rotatable bonds is 6. The molecule has 0 saturated carbocycles. The van der Waals surface area contributed by atoms with Crippen molar-refractivity contribution in [2.45, 2.75) is 32.8 Å². The van der Waals surface area contributed by atoms with Crippen LogP contribution in [0.4, 0.5) is 5.69 Å². The van der Waals surface area contributed by atoms with E-state index < -0.39 is 16.9 Å². The molecule has 2 N–H and O–H groups in total. The summed E-state index contributed by atoms with van der Waals surface area (Å²) in [5.41, 5.74) is 4.45. The zero-order valence-corrected chi connectivity index (χ0v) is 11.8. The summed E-state index contributed by atoms with van der Waals surface area (Å²) in [6.45, 7) is 3.35. The number of hydrazine groups is 1. The molecule has 0 aromatic heterocycles. The van der Waals surface area contributed by atoms with Gasteiger partial charge in [0, 0.05) is 18.6 Å². The molecule has 1 unspecified atom stereocenters. The first kappa shape index (κ1) is 16.4. The van der Waals surface area contributed by atoms with Crippen LogP contribution in [0.25, 0.3) is 0 Å². The second-order valence-corrected chi connectivity index (χ2v) is 4.30. The van der Waals surface area contributed by atoms with E-state index >= 15 is 0 Å². The Morgan fingerprint density at radius 2 is 1.90 bits per heavy atom. The molecule has 0 bridgehead atoms. The molecule has 2 amide bonds. The maximum absolute atomic E-state index is 11.7. The molecule has 8 nitrogen and oxygen atoms in total. The molecule has 0 aliphatic carbocycles. The summed E-state index contributed by atoms with van der Waals surface area (Å²) in [5, 5.41) is 10.5. The molecular formula is C13H17N3O5. The van der Waals surface area contributed by atoms with Crippen molar-refractivity contribution in [3.63, 3.8) is 0 Å². The fourth-order valence-corrected chi connectivity index (χ4v) is 1.43. The zero-order valence-electron chi connectivity index (χ0n) is 11.8. The van der Waals surface area contributed by atoms with Crippen LogP contribution in [0, 0.1) is 10.1 Å². The molecule has 0 saturated heterocycles. The second-order valence-electron chi connectivity index (χ2n) is 4.30. The summed E-state index contributed by atoms with van der Waals surface area (Å²) in [5.74, 6) is -0.477. The Hall–Kier alpha value is -2.64. The van der Waals surface area contributed by atoms with Gasteiger partial charge in [-0.1, -0.05) is 6.92 Å². The lowest BCUT2D eigenvalue weighted by molar-refractivity contribution is -0.384. The summed E-state index contributed by atoms with van der Waals surface area (Å²) in [7, 11) is 0. The molecule has 114 valence electrons. The number of benzene rings is 1. The molecule has 21 heavy (non-hydrogen) atoms. The van der Waals surface area contributed by atoms with Crippen molar-refractivity contribution >= 4 is 17.5 Å². The van der Waals surface area contributed by atoms with Crippen LogP contribution in [0.1, 0.15) is 26.7 Å². The van der Waals surface area contributed by atoms with Crippen LogP contribution in [0.2, 0.25) is 0 Å². The van der Waals surface area contributed by atoms with Crippen molar-refractivity contribution in [3.05, 3.63) is 34.4 Å². The molecule has 1 aromatic carbocycles. The number of carbonyl (C=O) groups excluding carboxylic acids is 2. The number of non-ortho nitro benzene ring substituents is 1. The van der Waals surface area contributed by atoms with Crippen molar-refractivity contribution in [1.29, 1.82) is 0 Å². The van der Waals surface area contributed by atoms with E-state index in [1.54, 1.807) is 0 Å². The van der Waals surface area contributed by atoms with Crippen molar-refractivity contribution in [2.24, 2.45) is 0 Å². The van der Waals surface area contributed by atoms with Crippen LogP contribution in [0.15, 0.2) is 24.3 Å². The van der Waals surface area contributed by atoms with Gasteiger partial charge in [0.05, 0.1) is 4.92 Å². The van der Waals surface area contributed by atoms with E-state index in [4.69, 9.17) is 4.74 Å². The average molecular weight is 295 g/mol. The number of nitro groups is 1. The lowest BCUT2D eigenvalue weighted by Crippen LogP contribution is -2.47. The summed E-state index contributed by atoms with van der Waals surface area (Å²) < 4.78 is 5.32. The molecule has 0 heterocycles. The highest BCUT2D eigenvalue weighted by atomic mass is 16.6. The number of carbonyl (C=O) groups is 2. The largest absolute Gasteiger partial charge is 0.481 e. The topological polar surface area (TPSA) is 111 Å². The maximum Gasteiger partial charge on any atom is 0.279 e. The first-order chi connectivity index (χ1) is 9.93. The van der Waals surface area contributed by atoms with E-state index in [1.165, 1.54) is 31.2 Å². The van der Waals surface area contributed by atoms with Crippen LogP contribution in [0.3, 0.4) is 0 Å². The first-order valence-electron chi connectivity index (χ1n) is 6.43. The van der Waals surface area contributed by atoms with Crippen LogP contribution in [0.5, 0.6) is 5.75 Å². The fraction of sp³-hybridized carbons (Fsp3) is 0.385. The predicted octanol–water partition coefficient (Wildman–Crippen LogP) is 1.31. The fourth-order valence-electron chi connectivity index (χ4n) is 1.43. The third kappa shape index (κ3) is 5.47. The van der Waals surface area contributed by atoms with E-state index in [1.807, 2.05) is 6.92 Å². The molecule has 1 aromatic rings. The Morgan fingerprint density at radius 3 is 2.43 bits per heavy atom.